The zero-order valence-electron chi connectivity index (χ0n) is 8.19. The quantitative estimate of drug-likeness (QED) is 0.644. The molecule has 0 bridgehead atoms. The van der Waals surface area contributed by atoms with Crippen molar-refractivity contribution in [2.45, 2.75) is 13.0 Å². The van der Waals surface area contributed by atoms with Crippen molar-refractivity contribution in [2.75, 3.05) is 0 Å². The van der Waals surface area contributed by atoms with E-state index in [0.29, 0.717) is 11.3 Å². The fourth-order valence-electron chi connectivity index (χ4n) is 1.99. The highest BCUT2D eigenvalue weighted by molar-refractivity contribution is 6.01. The van der Waals surface area contributed by atoms with Crippen LogP contribution >= 0.6 is 0 Å². The lowest BCUT2D eigenvalue weighted by Gasteiger charge is -2.26. The molecular weight excluding hydrogens is 190 g/mol. The lowest BCUT2D eigenvalue weighted by atomic mass is 9.89. The van der Waals surface area contributed by atoms with Crippen LogP contribution in [0.1, 0.15) is 6.92 Å². The van der Waals surface area contributed by atoms with E-state index >= 15 is 0 Å². The fraction of sp³-hybridized carbons (Fsp3) is 0.182. The number of dihydropyridines is 1. The van der Waals surface area contributed by atoms with Crippen LogP contribution in [0, 0.1) is 0 Å². The monoisotopic (exact) mass is 199 g/mol. The highest BCUT2D eigenvalue weighted by Crippen LogP contribution is 2.33. The molecule has 0 spiro atoms. The van der Waals surface area contributed by atoms with Gasteiger partial charge in [0.25, 0.3) is 5.91 Å². The first-order valence-corrected chi connectivity index (χ1v) is 4.79. The van der Waals surface area contributed by atoms with Gasteiger partial charge in [-0.1, -0.05) is 18.2 Å². The van der Waals surface area contributed by atoms with Crippen LogP contribution in [-0.4, -0.2) is 11.9 Å². The Morgan fingerprint density at radius 2 is 2.27 bits per heavy atom. The summed E-state index contributed by atoms with van der Waals surface area (Å²) in [5.74, 6) is -0.260. The molecule has 74 valence electrons. The van der Waals surface area contributed by atoms with Crippen molar-refractivity contribution < 1.29 is 4.79 Å². The van der Waals surface area contributed by atoms with E-state index < -0.39 is 0 Å². The minimum absolute atomic E-state index is 0.138. The molecular formula is C11H9N3O. The summed E-state index contributed by atoms with van der Waals surface area (Å²) in [5.41, 5.74) is 3.53. The Morgan fingerprint density at radius 3 is 3.13 bits per heavy atom. The smallest absolute Gasteiger partial charge is 0.299 e. The highest BCUT2D eigenvalue weighted by Gasteiger charge is 2.31. The summed E-state index contributed by atoms with van der Waals surface area (Å²) in [4.78, 5) is 11.3. The van der Waals surface area contributed by atoms with Gasteiger partial charge in [0.05, 0.1) is 11.6 Å². The van der Waals surface area contributed by atoms with E-state index in [1.165, 1.54) is 5.57 Å². The predicted molar refractivity (Wildman–Crippen MR) is 54.8 cm³/mol. The molecule has 3 rings (SSSR count). The van der Waals surface area contributed by atoms with Crippen LogP contribution in [0.25, 0.3) is 0 Å². The van der Waals surface area contributed by atoms with Crippen molar-refractivity contribution in [1.82, 2.24) is 5.32 Å². The molecule has 0 saturated carbocycles. The molecule has 4 heteroatoms. The Morgan fingerprint density at radius 1 is 1.40 bits per heavy atom. The molecule has 2 heterocycles. The Hall–Kier alpha value is -1.97. The molecule has 0 aromatic heterocycles. The second-order valence-electron chi connectivity index (χ2n) is 3.74. The maximum absolute atomic E-state index is 11.3. The average molecular weight is 199 g/mol. The number of nitrogens with zero attached hydrogens (tertiary/aromatic N) is 2. The topological polar surface area (TPSA) is 53.8 Å². The fourth-order valence-corrected chi connectivity index (χ4v) is 1.99. The average Bonchev–Trinajstić information content (AvgIpc) is 2.61. The van der Waals surface area contributed by atoms with Crippen molar-refractivity contribution in [2.24, 2.45) is 10.2 Å². The normalized spacial score (nSPS) is 27.0. The molecule has 1 atom stereocenters. The third kappa shape index (κ3) is 1.05. The van der Waals surface area contributed by atoms with E-state index in [9.17, 15) is 4.79 Å². The number of fused-ring (bicyclic) bond motifs is 2. The molecule has 1 N–H and O–H groups in total. The van der Waals surface area contributed by atoms with Gasteiger partial charge >= 0.3 is 0 Å². The molecule has 0 radical (unpaired) electrons. The van der Waals surface area contributed by atoms with Crippen molar-refractivity contribution in [3.05, 3.63) is 46.8 Å². The number of allylic oxidation sites excluding steroid dienone is 2. The van der Waals surface area contributed by atoms with Crippen LogP contribution in [0.3, 0.4) is 0 Å². The largest absolute Gasteiger partial charge is 0.380 e. The molecule has 1 amide bonds. The maximum atomic E-state index is 11.3. The summed E-state index contributed by atoms with van der Waals surface area (Å²) in [6.07, 6.45) is 7.71. The number of carbonyl (C=O) groups is 1. The minimum Gasteiger partial charge on any atom is -0.380 e. The molecule has 1 aliphatic carbocycles. The third-order valence-electron chi connectivity index (χ3n) is 2.80. The molecule has 0 aromatic rings. The second kappa shape index (κ2) is 2.76. The molecule has 3 aliphatic rings. The number of hydrogen-bond acceptors (Lipinski definition) is 3. The van der Waals surface area contributed by atoms with Crippen molar-refractivity contribution in [3.8, 4) is 0 Å². The lowest BCUT2D eigenvalue weighted by Crippen LogP contribution is -2.33. The van der Waals surface area contributed by atoms with E-state index in [4.69, 9.17) is 0 Å². The number of nitrogens with one attached hydrogen (secondary N) is 1. The van der Waals surface area contributed by atoms with Crippen molar-refractivity contribution in [3.63, 3.8) is 0 Å². The van der Waals surface area contributed by atoms with E-state index in [1.807, 2.05) is 12.2 Å². The Kier molecular flexibility index (Phi) is 1.54. The standard InChI is InChI=1S/C11H9N3O/c1-6-3-2-4-7-9(6)12-5-8-10(7)13-14-11(8)15/h2-5,9,12H,1H3. The minimum atomic E-state index is -0.260. The van der Waals surface area contributed by atoms with Gasteiger partial charge in [0, 0.05) is 11.8 Å². The Bertz CT molecular complexity index is 506. The van der Waals surface area contributed by atoms with Crippen LogP contribution in [0.15, 0.2) is 57.1 Å². The number of amides is 1. The van der Waals surface area contributed by atoms with Gasteiger partial charge in [0.15, 0.2) is 0 Å². The summed E-state index contributed by atoms with van der Waals surface area (Å²) >= 11 is 0. The summed E-state index contributed by atoms with van der Waals surface area (Å²) in [6, 6.07) is 0.138. The zero-order chi connectivity index (χ0) is 10.4. The molecule has 15 heavy (non-hydrogen) atoms. The molecule has 1 unspecified atom stereocenters. The molecule has 0 saturated heterocycles. The number of azo groups is 1. The van der Waals surface area contributed by atoms with Crippen LogP contribution in [-0.2, 0) is 4.79 Å². The molecule has 2 aliphatic heterocycles. The first-order valence-electron chi connectivity index (χ1n) is 4.79. The maximum Gasteiger partial charge on any atom is 0.299 e. The molecule has 0 aromatic carbocycles. The summed E-state index contributed by atoms with van der Waals surface area (Å²) in [6.45, 7) is 2.05. The first-order chi connectivity index (χ1) is 7.27. The molecule has 4 nitrogen and oxygen atoms in total. The number of carbonyl (C=O) groups excluding carboxylic acids is 1. The Balaban J connectivity index is 2.17. The van der Waals surface area contributed by atoms with Crippen LogP contribution in [0.5, 0.6) is 0 Å². The lowest BCUT2D eigenvalue weighted by molar-refractivity contribution is -0.114. The van der Waals surface area contributed by atoms with Crippen molar-refractivity contribution in [1.29, 1.82) is 0 Å². The molecule has 0 fully saturated rings. The third-order valence-corrected chi connectivity index (χ3v) is 2.80. The Labute approximate surface area is 86.8 Å². The first kappa shape index (κ1) is 8.35. The van der Waals surface area contributed by atoms with Crippen LogP contribution < -0.4 is 5.32 Å². The summed E-state index contributed by atoms with van der Waals surface area (Å²) in [5, 5.41) is 10.7. The highest BCUT2D eigenvalue weighted by atomic mass is 16.2. The van der Waals surface area contributed by atoms with Gasteiger partial charge in [-0.15, -0.1) is 10.2 Å². The van der Waals surface area contributed by atoms with E-state index in [1.54, 1.807) is 6.20 Å². The summed E-state index contributed by atoms with van der Waals surface area (Å²) < 4.78 is 0. The van der Waals surface area contributed by atoms with Gasteiger partial charge in [-0.25, -0.2) is 0 Å². The van der Waals surface area contributed by atoms with Gasteiger partial charge in [-0.05, 0) is 12.5 Å². The van der Waals surface area contributed by atoms with Gasteiger partial charge < -0.3 is 5.32 Å². The van der Waals surface area contributed by atoms with Crippen LogP contribution in [0.4, 0.5) is 0 Å². The van der Waals surface area contributed by atoms with E-state index in [-0.39, 0.29) is 11.9 Å². The number of hydrogen-bond donors (Lipinski definition) is 1. The van der Waals surface area contributed by atoms with Gasteiger partial charge in [0.2, 0.25) is 0 Å². The predicted octanol–water partition coefficient (Wildman–Crippen LogP) is 1.60. The second-order valence-corrected chi connectivity index (χ2v) is 3.74. The van der Waals surface area contributed by atoms with E-state index in [2.05, 4.69) is 28.5 Å². The zero-order valence-corrected chi connectivity index (χ0v) is 8.19. The summed E-state index contributed by atoms with van der Waals surface area (Å²) in [7, 11) is 0. The SMILES string of the molecule is CC1=CC=CC2=C3N=NC(=O)C3=CNC12. The van der Waals surface area contributed by atoms with Gasteiger partial charge in [0.1, 0.15) is 5.70 Å². The van der Waals surface area contributed by atoms with Gasteiger partial charge in [-0.3, -0.25) is 4.79 Å². The number of rotatable bonds is 0. The van der Waals surface area contributed by atoms with Crippen LogP contribution in [0.2, 0.25) is 0 Å². The van der Waals surface area contributed by atoms with Gasteiger partial charge in [-0.2, -0.15) is 0 Å². The van der Waals surface area contributed by atoms with Crippen molar-refractivity contribution >= 4 is 5.91 Å². The van der Waals surface area contributed by atoms with E-state index in [0.717, 1.165) is 5.57 Å².